The van der Waals surface area contributed by atoms with Gasteiger partial charge in [0.25, 0.3) is 0 Å². The number of rotatable bonds is 5. The number of carbonyl (C=O) groups excluding carboxylic acids is 2. The third-order valence-electron chi connectivity index (χ3n) is 9.19. The molecule has 3 fully saturated rings. The predicted molar refractivity (Wildman–Crippen MR) is 117 cm³/mol. The van der Waals surface area contributed by atoms with Crippen LogP contribution < -0.4 is 0 Å². The maximum Gasteiger partial charge on any atom is 0.312 e. The summed E-state index contributed by atoms with van der Waals surface area (Å²) in [5, 5.41) is 21.3. The van der Waals surface area contributed by atoms with Gasteiger partial charge in [-0.15, -0.1) is 0 Å². The van der Waals surface area contributed by atoms with Crippen LogP contribution in [0.15, 0.2) is 0 Å². The molecule has 2 N–H and O–H groups in total. The Bertz CT molecular complexity index is 700. The van der Waals surface area contributed by atoms with Crippen LogP contribution in [0.2, 0.25) is 0 Å². The van der Waals surface area contributed by atoms with Gasteiger partial charge < -0.3 is 19.7 Å². The van der Waals surface area contributed by atoms with Crippen LogP contribution >= 0.6 is 0 Å². The average molecular weight is 439 g/mol. The lowest BCUT2D eigenvalue weighted by atomic mass is 9.38. The molecule has 0 amide bonds. The zero-order chi connectivity index (χ0) is 23.2. The van der Waals surface area contributed by atoms with Crippen molar-refractivity contribution in [3.63, 3.8) is 0 Å². The van der Waals surface area contributed by atoms with Crippen molar-refractivity contribution in [2.45, 2.75) is 98.2 Å². The van der Waals surface area contributed by atoms with Gasteiger partial charge in [0.1, 0.15) is 19.3 Å². The molecule has 0 radical (unpaired) electrons. The SMILES string of the molecule is CC(=O)OCC(O)COC(=O)C1C(C)(O)CCC2C3(C)CCCC(C)(C)C3CCC12C. The largest absolute Gasteiger partial charge is 0.463 e. The van der Waals surface area contributed by atoms with Gasteiger partial charge in [-0.1, -0.05) is 34.1 Å². The minimum atomic E-state index is -1.14. The lowest BCUT2D eigenvalue weighted by Crippen LogP contribution is -2.64. The van der Waals surface area contributed by atoms with Crippen molar-refractivity contribution in [1.29, 1.82) is 0 Å². The minimum Gasteiger partial charge on any atom is -0.463 e. The quantitative estimate of drug-likeness (QED) is 0.633. The summed E-state index contributed by atoms with van der Waals surface area (Å²) < 4.78 is 10.3. The summed E-state index contributed by atoms with van der Waals surface area (Å²) in [5.41, 5.74) is -1.04. The second kappa shape index (κ2) is 8.33. The Morgan fingerprint density at radius 3 is 2.16 bits per heavy atom. The van der Waals surface area contributed by atoms with E-state index in [1.54, 1.807) is 6.92 Å². The fourth-order valence-electron chi connectivity index (χ4n) is 8.03. The van der Waals surface area contributed by atoms with Crippen LogP contribution in [-0.4, -0.2) is 47.1 Å². The van der Waals surface area contributed by atoms with Gasteiger partial charge in [0.2, 0.25) is 0 Å². The third-order valence-corrected chi connectivity index (χ3v) is 9.19. The molecular formula is C25H42O6. The second-order valence-electron chi connectivity index (χ2n) is 11.9. The smallest absolute Gasteiger partial charge is 0.312 e. The Morgan fingerprint density at radius 2 is 1.52 bits per heavy atom. The molecule has 7 atom stereocenters. The molecule has 3 rings (SSSR count). The van der Waals surface area contributed by atoms with Gasteiger partial charge in [-0.2, -0.15) is 0 Å². The highest BCUT2D eigenvalue weighted by molar-refractivity contribution is 5.75. The standard InChI is InChI=1S/C25H42O6/c1-16(26)30-14-17(27)15-31-21(28)20-24(5)12-8-18-22(2,3)10-7-11-23(18,4)19(24)9-13-25(20,6)29/h17-20,27,29H,7-15H2,1-6H3. The van der Waals surface area contributed by atoms with Crippen molar-refractivity contribution in [2.75, 3.05) is 13.2 Å². The first-order valence-electron chi connectivity index (χ1n) is 11.9. The van der Waals surface area contributed by atoms with Crippen LogP contribution in [0.3, 0.4) is 0 Å². The fourth-order valence-corrected chi connectivity index (χ4v) is 8.03. The zero-order valence-corrected chi connectivity index (χ0v) is 20.2. The Hall–Kier alpha value is -1.14. The number of ether oxygens (including phenoxy) is 2. The van der Waals surface area contributed by atoms with E-state index >= 15 is 0 Å². The number of hydrogen-bond donors (Lipinski definition) is 2. The Kier molecular flexibility index (Phi) is 6.58. The molecule has 0 heterocycles. The Labute approximate surface area is 187 Å². The van der Waals surface area contributed by atoms with E-state index in [9.17, 15) is 19.8 Å². The van der Waals surface area contributed by atoms with Gasteiger partial charge in [-0.25, -0.2) is 0 Å². The molecule has 3 aliphatic rings. The van der Waals surface area contributed by atoms with Gasteiger partial charge in [-0.05, 0) is 73.5 Å². The molecule has 6 heteroatoms. The Balaban J connectivity index is 1.82. The average Bonchev–Trinajstić information content (AvgIpc) is 2.62. The zero-order valence-electron chi connectivity index (χ0n) is 20.2. The van der Waals surface area contributed by atoms with E-state index in [0.717, 1.165) is 19.3 Å². The maximum absolute atomic E-state index is 13.3. The molecular weight excluding hydrogens is 396 g/mol. The second-order valence-corrected chi connectivity index (χ2v) is 11.9. The molecule has 0 bridgehead atoms. The molecule has 0 aliphatic heterocycles. The van der Waals surface area contributed by atoms with Gasteiger partial charge in [0.15, 0.2) is 0 Å². The molecule has 178 valence electrons. The summed E-state index contributed by atoms with van der Waals surface area (Å²) in [6, 6.07) is 0. The first-order chi connectivity index (χ1) is 14.2. The van der Waals surface area contributed by atoms with E-state index in [2.05, 4.69) is 27.7 Å². The Morgan fingerprint density at radius 1 is 0.903 bits per heavy atom. The van der Waals surface area contributed by atoms with E-state index in [1.165, 1.54) is 26.2 Å². The molecule has 3 saturated carbocycles. The number of aliphatic hydroxyl groups excluding tert-OH is 1. The normalized spacial score (nSPS) is 42.6. The predicted octanol–water partition coefficient (Wildman–Crippen LogP) is 3.86. The van der Waals surface area contributed by atoms with Crippen LogP contribution in [0.25, 0.3) is 0 Å². The lowest BCUT2D eigenvalue weighted by molar-refractivity contribution is -0.221. The van der Waals surface area contributed by atoms with Crippen molar-refractivity contribution in [2.24, 2.45) is 34.0 Å². The number of carbonyl (C=O) groups is 2. The van der Waals surface area contributed by atoms with Crippen LogP contribution in [0.4, 0.5) is 0 Å². The summed E-state index contributed by atoms with van der Waals surface area (Å²) in [5.74, 6) is -0.603. The molecule has 0 aromatic rings. The van der Waals surface area contributed by atoms with Gasteiger partial charge >= 0.3 is 11.9 Å². The van der Waals surface area contributed by atoms with Gasteiger partial charge in [-0.3, -0.25) is 9.59 Å². The van der Waals surface area contributed by atoms with E-state index in [0.29, 0.717) is 23.7 Å². The summed E-state index contributed by atoms with van der Waals surface area (Å²) in [4.78, 5) is 24.2. The lowest BCUT2D eigenvalue weighted by Gasteiger charge is -2.66. The number of fused-ring (bicyclic) bond motifs is 3. The highest BCUT2D eigenvalue weighted by atomic mass is 16.6. The van der Waals surface area contributed by atoms with Crippen LogP contribution in [-0.2, 0) is 19.1 Å². The first kappa shape index (κ1) is 24.5. The van der Waals surface area contributed by atoms with Crippen molar-refractivity contribution >= 4 is 11.9 Å². The molecule has 0 aromatic heterocycles. The highest BCUT2D eigenvalue weighted by Gasteiger charge is 2.66. The maximum atomic E-state index is 13.3. The number of esters is 2. The molecule has 0 aromatic carbocycles. The molecule has 0 spiro atoms. The van der Waals surface area contributed by atoms with Crippen molar-refractivity contribution in [1.82, 2.24) is 0 Å². The monoisotopic (exact) mass is 438 g/mol. The first-order valence-corrected chi connectivity index (χ1v) is 11.9. The van der Waals surface area contributed by atoms with Crippen molar-refractivity contribution in [3.8, 4) is 0 Å². The molecule has 7 unspecified atom stereocenters. The molecule has 0 saturated heterocycles. The summed E-state index contributed by atoms with van der Waals surface area (Å²) in [6.45, 7) is 12.0. The molecule has 31 heavy (non-hydrogen) atoms. The van der Waals surface area contributed by atoms with Crippen LogP contribution in [0, 0.1) is 34.0 Å². The number of hydrogen-bond acceptors (Lipinski definition) is 6. The van der Waals surface area contributed by atoms with Gasteiger partial charge in [0.05, 0.1) is 11.5 Å². The van der Waals surface area contributed by atoms with Gasteiger partial charge in [0, 0.05) is 6.92 Å². The van der Waals surface area contributed by atoms with Crippen molar-refractivity contribution < 1.29 is 29.3 Å². The highest BCUT2D eigenvalue weighted by Crippen LogP contribution is 2.69. The van der Waals surface area contributed by atoms with Crippen molar-refractivity contribution in [3.05, 3.63) is 0 Å². The topological polar surface area (TPSA) is 93.1 Å². The third kappa shape index (κ3) is 4.39. The van der Waals surface area contributed by atoms with E-state index in [1.807, 2.05) is 0 Å². The van der Waals surface area contributed by atoms with Crippen LogP contribution in [0.5, 0.6) is 0 Å². The minimum absolute atomic E-state index is 0.151. The summed E-state index contributed by atoms with van der Waals surface area (Å²) in [6.07, 6.45) is 6.01. The fraction of sp³-hybridized carbons (Fsp3) is 0.920. The molecule has 6 nitrogen and oxygen atoms in total. The number of aliphatic hydroxyl groups is 2. The van der Waals surface area contributed by atoms with E-state index < -0.39 is 29.6 Å². The molecule has 3 aliphatic carbocycles. The van der Waals surface area contributed by atoms with E-state index in [-0.39, 0.29) is 24.0 Å². The van der Waals surface area contributed by atoms with E-state index in [4.69, 9.17) is 9.47 Å². The summed E-state index contributed by atoms with van der Waals surface area (Å²) in [7, 11) is 0. The van der Waals surface area contributed by atoms with Crippen LogP contribution in [0.1, 0.15) is 86.5 Å². The summed E-state index contributed by atoms with van der Waals surface area (Å²) >= 11 is 0.